The summed E-state index contributed by atoms with van der Waals surface area (Å²) in [5.74, 6) is 1.06. The van der Waals surface area contributed by atoms with E-state index in [4.69, 9.17) is 18.9 Å². The van der Waals surface area contributed by atoms with Crippen LogP contribution >= 0.6 is 0 Å². The van der Waals surface area contributed by atoms with Crippen molar-refractivity contribution < 1.29 is 28.5 Å². The normalized spacial score (nSPS) is 13.4. The number of esters is 1. The topological polar surface area (TPSA) is 76.0 Å². The molecule has 1 unspecified atom stereocenters. The lowest BCUT2D eigenvalue weighted by Crippen LogP contribution is -2.25. The number of fused-ring (bicyclic) bond motifs is 1. The highest BCUT2D eigenvalue weighted by atomic mass is 16.7. The molecule has 0 fully saturated rings. The first-order chi connectivity index (χ1) is 12.3. The van der Waals surface area contributed by atoms with Gasteiger partial charge >= 0.3 is 5.97 Å². The highest BCUT2D eigenvalue weighted by molar-refractivity contribution is 6.04. The first-order valence-corrected chi connectivity index (χ1v) is 8.19. The van der Waals surface area contributed by atoms with Crippen molar-refractivity contribution in [2.45, 2.75) is 26.9 Å². The highest BCUT2D eigenvalue weighted by Gasteiger charge is 2.29. The van der Waals surface area contributed by atoms with Crippen molar-refractivity contribution in [2.75, 3.05) is 13.9 Å². The molecule has 138 valence electrons. The lowest BCUT2D eigenvalue weighted by Gasteiger charge is -2.14. The van der Waals surface area contributed by atoms with Gasteiger partial charge in [0.2, 0.25) is 12.6 Å². The van der Waals surface area contributed by atoms with Crippen LogP contribution in [0.2, 0.25) is 0 Å². The zero-order valence-corrected chi connectivity index (χ0v) is 15.4. The van der Waals surface area contributed by atoms with Crippen molar-refractivity contribution in [3.63, 3.8) is 0 Å². The number of ether oxygens (including phenoxy) is 4. The summed E-state index contributed by atoms with van der Waals surface area (Å²) < 4.78 is 22.9. The van der Waals surface area contributed by atoms with E-state index >= 15 is 0 Å². The maximum atomic E-state index is 13.0. The molecule has 0 amide bonds. The number of ketones is 1. The van der Waals surface area contributed by atoms with Crippen LogP contribution in [-0.2, 0) is 11.8 Å². The van der Waals surface area contributed by atoms with Crippen LogP contribution in [0.1, 0.15) is 39.0 Å². The van der Waals surface area contributed by atoms with Crippen LogP contribution in [0.3, 0.4) is 0 Å². The first kappa shape index (κ1) is 17.8. The van der Waals surface area contributed by atoms with E-state index in [1.165, 1.54) is 7.11 Å². The van der Waals surface area contributed by atoms with Gasteiger partial charge in [-0.05, 0) is 38.5 Å². The Balaban J connectivity index is 1.86. The highest BCUT2D eigenvalue weighted by Crippen LogP contribution is 2.35. The van der Waals surface area contributed by atoms with Gasteiger partial charge in [-0.25, -0.2) is 4.79 Å². The van der Waals surface area contributed by atoms with Crippen LogP contribution in [0, 0.1) is 13.8 Å². The van der Waals surface area contributed by atoms with Gasteiger partial charge in [0.25, 0.3) is 0 Å². The Kier molecular flexibility index (Phi) is 4.63. The van der Waals surface area contributed by atoms with Gasteiger partial charge in [-0.3, -0.25) is 4.79 Å². The van der Waals surface area contributed by atoms with E-state index in [0.29, 0.717) is 39.8 Å². The molecular formula is C19H21NO6. The van der Waals surface area contributed by atoms with Crippen LogP contribution < -0.4 is 14.2 Å². The van der Waals surface area contributed by atoms with Gasteiger partial charge in [0.05, 0.1) is 7.11 Å². The van der Waals surface area contributed by atoms with Gasteiger partial charge in [0, 0.05) is 24.4 Å². The number of Topliss-reactive ketones (excluding diaryl/α,β-unsaturated/α-hetero) is 1. The molecular weight excluding hydrogens is 338 g/mol. The molecule has 0 spiro atoms. The number of rotatable bonds is 5. The molecule has 2 heterocycles. The summed E-state index contributed by atoms with van der Waals surface area (Å²) in [7, 11) is 3.05. The second-order valence-corrected chi connectivity index (χ2v) is 6.12. The molecule has 2 aromatic rings. The molecule has 1 aliphatic rings. The van der Waals surface area contributed by atoms with Crippen molar-refractivity contribution in [1.29, 1.82) is 0 Å². The van der Waals surface area contributed by atoms with E-state index < -0.39 is 12.1 Å². The Bertz CT molecular complexity index is 883. The van der Waals surface area contributed by atoms with Crippen molar-refractivity contribution in [3.8, 4) is 17.2 Å². The lowest BCUT2D eigenvalue weighted by atomic mass is 10.0. The molecule has 7 nitrogen and oxygen atoms in total. The molecule has 0 radical (unpaired) electrons. The average Bonchev–Trinajstić information content (AvgIpc) is 3.16. The van der Waals surface area contributed by atoms with E-state index in [2.05, 4.69) is 0 Å². The molecule has 7 heteroatoms. The Hall–Kier alpha value is -2.96. The standard InChI is InChI=1S/C19H21NO6/c1-10-16(11(2)20(4)17(10)19(22)23-5)18(21)12(3)26-13-6-7-14-15(8-13)25-9-24-14/h6-8,12H,9H2,1-5H3. The van der Waals surface area contributed by atoms with Crippen LogP contribution in [0.4, 0.5) is 0 Å². The Labute approximate surface area is 151 Å². The molecule has 26 heavy (non-hydrogen) atoms. The van der Waals surface area contributed by atoms with Gasteiger partial charge in [-0.15, -0.1) is 0 Å². The molecule has 0 saturated heterocycles. The quantitative estimate of drug-likeness (QED) is 0.604. The van der Waals surface area contributed by atoms with Crippen LogP contribution in [0.5, 0.6) is 17.2 Å². The third kappa shape index (κ3) is 2.89. The van der Waals surface area contributed by atoms with Crippen LogP contribution in [0.25, 0.3) is 0 Å². The molecule has 3 rings (SSSR count). The lowest BCUT2D eigenvalue weighted by molar-refractivity contribution is 0.0588. The summed E-state index contributed by atoms with van der Waals surface area (Å²) in [5, 5.41) is 0. The zero-order chi connectivity index (χ0) is 19.0. The largest absolute Gasteiger partial charge is 0.482 e. The van der Waals surface area contributed by atoms with Gasteiger partial charge < -0.3 is 23.5 Å². The molecule has 1 aromatic heterocycles. The number of methoxy groups -OCH3 is 1. The van der Waals surface area contributed by atoms with Crippen LogP contribution in [0.15, 0.2) is 18.2 Å². The molecule has 0 aliphatic carbocycles. The summed E-state index contributed by atoms with van der Waals surface area (Å²) in [6.07, 6.45) is -0.735. The monoisotopic (exact) mass is 359 g/mol. The second kappa shape index (κ2) is 6.74. The Morgan fingerprint density at radius 2 is 1.88 bits per heavy atom. The van der Waals surface area contributed by atoms with Gasteiger partial charge in [0.15, 0.2) is 17.6 Å². The zero-order valence-electron chi connectivity index (χ0n) is 15.4. The summed E-state index contributed by atoms with van der Waals surface area (Å²) in [6, 6.07) is 5.15. The van der Waals surface area contributed by atoms with E-state index in [9.17, 15) is 9.59 Å². The van der Waals surface area contributed by atoms with Gasteiger partial charge in [0.1, 0.15) is 11.4 Å². The minimum Gasteiger partial charge on any atom is -0.482 e. The fourth-order valence-electron chi connectivity index (χ4n) is 3.14. The third-order valence-corrected chi connectivity index (χ3v) is 4.58. The fourth-order valence-corrected chi connectivity index (χ4v) is 3.14. The number of carbonyl (C=O) groups excluding carboxylic acids is 2. The van der Waals surface area contributed by atoms with Crippen molar-refractivity contribution in [3.05, 3.63) is 40.7 Å². The van der Waals surface area contributed by atoms with E-state index in [1.807, 2.05) is 0 Å². The summed E-state index contributed by atoms with van der Waals surface area (Å²) in [5.41, 5.74) is 2.11. The summed E-state index contributed by atoms with van der Waals surface area (Å²) in [6.45, 7) is 5.38. The first-order valence-electron chi connectivity index (χ1n) is 8.19. The van der Waals surface area contributed by atoms with E-state index in [0.717, 1.165) is 0 Å². The molecule has 0 saturated carbocycles. The molecule has 0 N–H and O–H groups in total. The van der Waals surface area contributed by atoms with E-state index in [-0.39, 0.29) is 12.6 Å². The van der Waals surface area contributed by atoms with Gasteiger partial charge in [-0.2, -0.15) is 0 Å². The van der Waals surface area contributed by atoms with Gasteiger partial charge in [-0.1, -0.05) is 0 Å². The van der Waals surface area contributed by atoms with Crippen LogP contribution in [-0.4, -0.2) is 36.3 Å². The SMILES string of the molecule is COC(=O)c1c(C)c(C(=O)C(C)Oc2ccc3c(c2)OCO3)c(C)n1C. The number of hydrogen-bond donors (Lipinski definition) is 0. The van der Waals surface area contributed by atoms with E-state index in [1.54, 1.807) is 50.6 Å². The Morgan fingerprint density at radius 1 is 1.19 bits per heavy atom. The molecule has 1 atom stereocenters. The number of aromatic nitrogens is 1. The smallest absolute Gasteiger partial charge is 0.354 e. The van der Waals surface area contributed by atoms with Crippen molar-refractivity contribution >= 4 is 11.8 Å². The molecule has 1 aliphatic heterocycles. The molecule has 1 aromatic carbocycles. The minimum absolute atomic E-state index is 0.173. The number of carbonyl (C=O) groups is 2. The molecule has 0 bridgehead atoms. The summed E-state index contributed by atoms with van der Waals surface area (Å²) in [4.78, 5) is 25.0. The number of hydrogen-bond acceptors (Lipinski definition) is 6. The fraction of sp³-hybridized carbons (Fsp3) is 0.368. The summed E-state index contributed by atoms with van der Waals surface area (Å²) >= 11 is 0. The average molecular weight is 359 g/mol. The van der Waals surface area contributed by atoms with Crippen molar-refractivity contribution in [2.24, 2.45) is 7.05 Å². The maximum absolute atomic E-state index is 13.0. The Morgan fingerprint density at radius 3 is 2.58 bits per heavy atom. The minimum atomic E-state index is -0.735. The predicted molar refractivity (Wildman–Crippen MR) is 93.2 cm³/mol. The number of benzene rings is 1. The third-order valence-electron chi connectivity index (χ3n) is 4.58. The predicted octanol–water partition coefficient (Wildman–Crippen LogP) is 2.81. The maximum Gasteiger partial charge on any atom is 0.354 e. The number of nitrogens with zero attached hydrogens (tertiary/aromatic N) is 1. The second-order valence-electron chi connectivity index (χ2n) is 6.12. The van der Waals surface area contributed by atoms with Crippen molar-refractivity contribution in [1.82, 2.24) is 4.57 Å².